The predicted molar refractivity (Wildman–Crippen MR) is 122 cm³/mol. The van der Waals surface area contributed by atoms with Crippen molar-refractivity contribution < 1.29 is 4.79 Å². The van der Waals surface area contributed by atoms with Crippen molar-refractivity contribution in [3.05, 3.63) is 106 Å². The number of hydrogen-bond acceptors (Lipinski definition) is 3. The number of allylic oxidation sites excluding steroid dienone is 2. The number of benzene rings is 3. The van der Waals surface area contributed by atoms with E-state index in [-0.39, 0.29) is 17.3 Å². The molecule has 3 aromatic carbocycles. The smallest absolute Gasteiger partial charge is 0.277 e. The van der Waals surface area contributed by atoms with Gasteiger partial charge in [-0.05, 0) is 41.3 Å². The van der Waals surface area contributed by atoms with Gasteiger partial charge in [-0.25, -0.2) is 4.68 Å². The van der Waals surface area contributed by atoms with E-state index >= 15 is 0 Å². The summed E-state index contributed by atoms with van der Waals surface area (Å²) in [6.45, 7) is 0. The van der Waals surface area contributed by atoms with Crippen LogP contribution in [0.15, 0.2) is 88.9 Å². The Morgan fingerprint density at radius 1 is 0.839 bits per heavy atom. The third-order valence-electron chi connectivity index (χ3n) is 6.38. The normalized spacial score (nSPS) is 17.9. The van der Waals surface area contributed by atoms with Crippen LogP contribution in [0.1, 0.15) is 36.3 Å². The number of aromatic amines is 1. The lowest BCUT2D eigenvalue weighted by molar-refractivity contribution is -0.116. The van der Waals surface area contributed by atoms with E-state index in [1.54, 1.807) is 4.68 Å². The fourth-order valence-electron chi connectivity index (χ4n) is 5.01. The highest BCUT2D eigenvalue weighted by molar-refractivity contribution is 6.02. The van der Waals surface area contributed by atoms with Crippen LogP contribution in [0.3, 0.4) is 0 Å². The standard InChI is InChI=1S/C26H21N3O2/c30-21-15-7-14-20-23(21)22(19-13-6-9-16-8-4-5-12-18(16)19)24-25(27-20)28-29(26(24)31)17-10-2-1-3-11-17/h1-6,8-13,22,27-28H,7,14-15H2. The van der Waals surface area contributed by atoms with Gasteiger partial charge < -0.3 is 5.32 Å². The summed E-state index contributed by atoms with van der Waals surface area (Å²) in [5.41, 5.74) is 3.92. The van der Waals surface area contributed by atoms with Crippen LogP contribution in [0.2, 0.25) is 0 Å². The highest BCUT2D eigenvalue weighted by atomic mass is 16.1. The Morgan fingerprint density at radius 3 is 2.48 bits per heavy atom. The molecule has 0 saturated carbocycles. The molecule has 5 heteroatoms. The maximum atomic E-state index is 13.7. The number of para-hydroxylation sites is 1. The number of anilines is 1. The van der Waals surface area contributed by atoms with E-state index in [0.29, 0.717) is 17.8 Å². The van der Waals surface area contributed by atoms with Crippen LogP contribution >= 0.6 is 0 Å². The van der Waals surface area contributed by atoms with Crippen molar-refractivity contribution in [3.63, 3.8) is 0 Å². The lowest BCUT2D eigenvalue weighted by Gasteiger charge is -2.31. The van der Waals surface area contributed by atoms with E-state index < -0.39 is 0 Å². The number of hydrogen-bond donors (Lipinski definition) is 2. The van der Waals surface area contributed by atoms with Gasteiger partial charge >= 0.3 is 0 Å². The molecule has 1 aromatic heterocycles. The van der Waals surface area contributed by atoms with E-state index in [2.05, 4.69) is 28.6 Å². The summed E-state index contributed by atoms with van der Waals surface area (Å²) in [4.78, 5) is 26.8. The molecule has 1 aliphatic carbocycles. The third-order valence-corrected chi connectivity index (χ3v) is 6.38. The molecule has 0 bridgehead atoms. The number of rotatable bonds is 2. The summed E-state index contributed by atoms with van der Waals surface area (Å²) in [5.74, 6) is 0.420. The van der Waals surface area contributed by atoms with Gasteiger partial charge in [0.05, 0.1) is 11.3 Å². The molecule has 0 saturated heterocycles. The number of aromatic nitrogens is 2. The van der Waals surface area contributed by atoms with E-state index in [4.69, 9.17) is 0 Å². The number of fused-ring (bicyclic) bond motifs is 2. The van der Waals surface area contributed by atoms with Crippen molar-refractivity contribution in [1.82, 2.24) is 9.78 Å². The highest BCUT2D eigenvalue weighted by Crippen LogP contribution is 2.45. The fourth-order valence-corrected chi connectivity index (χ4v) is 5.01. The maximum Gasteiger partial charge on any atom is 0.277 e. The first-order valence-corrected chi connectivity index (χ1v) is 10.6. The van der Waals surface area contributed by atoms with Crippen LogP contribution in [0.5, 0.6) is 0 Å². The number of ketones is 1. The average molecular weight is 407 g/mol. The average Bonchev–Trinajstić information content (AvgIpc) is 3.14. The highest BCUT2D eigenvalue weighted by Gasteiger charge is 2.39. The van der Waals surface area contributed by atoms with Gasteiger partial charge in [-0.15, -0.1) is 0 Å². The molecule has 0 fully saturated rings. The van der Waals surface area contributed by atoms with Gasteiger partial charge in [0.1, 0.15) is 5.82 Å². The first kappa shape index (κ1) is 18.0. The minimum absolute atomic E-state index is 0.128. The van der Waals surface area contributed by atoms with Crippen molar-refractivity contribution in [3.8, 4) is 5.69 Å². The maximum absolute atomic E-state index is 13.7. The Morgan fingerprint density at radius 2 is 1.61 bits per heavy atom. The van der Waals surface area contributed by atoms with Crippen LogP contribution in [0.25, 0.3) is 16.5 Å². The van der Waals surface area contributed by atoms with E-state index in [1.807, 2.05) is 54.6 Å². The second-order valence-corrected chi connectivity index (χ2v) is 8.17. The number of nitrogens with one attached hydrogen (secondary N) is 2. The topological polar surface area (TPSA) is 66.9 Å². The fraction of sp³-hybridized carbons (Fsp3) is 0.154. The molecule has 1 unspecified atom stereocenters. The van der Waals surface area contributed by atoms with Crippen molar-refractivity contribution in [2.45, 2.75) is 25.2 Å². The molecule has 0 radical (unpaired) electrons. The van der Waals surface area contributed by atoms with Crippen molar-refractivity contribution in [2.24, 2.45) is 0 Å². The van der Waals surface area contributed by atoms with Gasteiger partial charge in [0.15, 0.2) is 5.78 Å². The third kappa shape index (κ3) is 2.70. The van der Waals surface area contributed by atoms with Crippen LogP contribution < -0.4 is 10.9 Å². The van der Waals surface area contributed by atoms with Crippen LogP contribution in [0, 0.1) is 0 Å². The van der Waals surface area contributed by atoms with Gasteiger partial charge in [0.25, 0.3) is 5.56 Å². The molecule has 2 aliphatic rings. The molecule has 5 nitrogen and oxygen atoms in total. The predicted octanol–water partition coefficient (Wildman–Crippen LogP) is 4.88. The quantitative estimate of drug-likeness (QED) is 0.498. The van der Waals surface area contributed by atoms with Crippen molar-refractivity contribution in [1.29, 1.82) is 0 Å². The Bertz CT molecular complexity index is 1420. The van der Waals surface area contributed by atoms with Crippen LogP contribution in [-0.4, -0.2) is 15.6 Å². The van der Waals surface area contributed by atoms with Crippen LogP contribution in [0.4, 0.5) is 5.82 Å². The molecule has 0 spiro atoms. The Balaban J connectivity index is 1.66. The zero-order chi connectivity index (χ0) is 20.9. The zero-order valence-corrected chi connectivity index (χ0v) is 16.9. The zero-order valence-electron chi connectivity index (χ0n) is 16.9. The Kier molecular flexibility index (Phi) is 3.96. The molecule has 2 heterocycles. The number of Topliss-reactive ketones (excluding diaryl/α,β-unsaturated/α-hetero) is 1. The largest absolute Gasteiger partial charge is 0.343 e. The summed E-state index contributed by atoms with van der Waals surface area (Å²) in [6.07, 6.45) is 2.15. The first-order chi connectivity index (χ1) is 15.2. The summed E-state index contributed by atoms with van der Waals surface area (Å²) in [7, 11) is 0. The Labute approximate surface area is 179 Å². The summed E-state index contributed by atoms with van der Waals surface area (Å²) >= 11 is 0. The first-order valence-electron chi connectivity index (χ1n) is 10.6. The van der Waals surface area contributed by atoms with E-state index in [0.717, 1.165) is 46.1 Å². The van der Waals surface area contributed by atoms with E-state index in [9.17, 15) is 9.59 Å². The summed E-state index contributed by atoms with van der Waals surface area (Å²) in [6, 6.07) is 23.8. The number of nitrogens with zero attached hydrogens (tertiary/aromatic N) is 1. The molecule has 2 N–H and O–H groups in total. The molecule has 4 aromatic rings. The lowest BCUT2D eigenvalue weighted by Crippen LogP contribution is -2.30. The molecule has 152 valence electrons. The molecule has 1 atom stereocenters. The monoisotopic (exact) mass is 407 g/mol. The number of carbonyl (C=O) groups excluding carboxylic acids is 1. The van der Waals surface area contributed by atoms with Crippen molar-refractivity contribution >= 4 is 22.4 Å². The van der Waals surface area contributed by atoms with Crippen molar-refractivity contribution in [2.75, 3.05) is 5.32 Å². The van der Waals surface area contributed by atoms with Gasteiger partial charge in [-0.2, -0.15) is 0 Å². The Hall–Kier alpha value is -3.86. The minimum Gasteiger partial charge on any atom is -0.343 e. The molecular weight excluding hydrogens is 386 g/mol. The number of carbonyl (C=O) groups is 1. The molecule has 31 heavy (non-hydrogen) atoms. The number of H-pyrrole nitrogens is 1. The van der Waals surface area contributed by atoms with Gasteiger partial charge in [-0.1, -0.05) is 60.7 Å². The van der Waals surface area contributed by atoms with Crippen LogP contribution in [-0.2, 0) is 4.79 Å². The second-order valence-electron chi connectivity index (χ2n) is 8.17. The minimum atomic E-state index is -0.390. The molecule has 1 aliphatic heterocycles. The van der Waals surface area contributed by atoms with Gasteiger partial charge in [-0.3, -0.25) is 14.7 Å². The van der Waals surface area contributed by atoms with E-state index in [1.165, 1.54) is 0 Å². The summed E-state index contributed by atoms with van der Waals surface area (Å²) in [5, 5.41) is 8.82. The molecular formula is C26H21N3O2. The van der Waals surface area contributed by atoms with Gasteiger partial charge in [0, 0.05) is 23.6 Å². The molecule has 0 amide bonds. The lowest BCUT2D eigenvalue weighted by atomic mass is 9.75. The summed E-state index contributed by atoms with van der Waals surface area (Å²) < 4.78 is 1.57. The SMILES string of the molecule is O=C1CCCC2=C1C(c1cccc3ccccc13)c1c([nH]n(-c3ccccc3)c1=O)N2. The molecule has 6 rings (SSSR count). The van der Waals surface area contributed by atoms with Gasteiger partial charge in [0.2, 0.25) is 0 Å². The second kappa shape index (κ2) is 6.84.